The van der Waals surface area contributed by atoms with Gasteiger partial charge in [0.25, 0.3) is 0 Å². The van der Waals surface area contributed by atoms with Crippen LogP contribution in [0.4, 0.5) is 4.79 Å². The van der Waals surface area contributed by atoms with Crippen molar-refractivity contribution in [3.63, 3.8) is 0 Å². The summed E-state index contributed by atoms with van der Waals surface area (Å²) in [6.07, 6.45) is -1.66. The Morgan fingerprint density at radius 1 is 1.00 bits per heavy atom. The van der Waals surface area contributed by atoms with Crippen molar-refractivity contribution in [1.82, 2.24) is 5.32 Å². The van der Waals surface area contributed by atoms with Crippen LogP contribution in [0.1, 0.15) is 24.5 Å². The van der Waals surface area contributed by atoms with Crippen LogP contribution in [0.15, 0.2) is 60.7 Å². The lowest BCUT2D eigenvalue weighted by Gasteiger charge is -2.43. The van der Waals surface area contributed by atoms with E-state index in [0.717, 1.165) is 11.1 Å². The Morgan fingerprint density at radius 3 is 2.10 bits per heavy atom. The molecule has 1 aliphatic carbocycles. The predicted octanol–water partition coefficient (Wildman–Crippen LogP) is 3.03. The molecule has 154 valence electrons. The van der Waals surface area contributed by atoms with Crippen molar-refractivity contribution < 1.29 is 24.1 Å². The van der Waals surface area contributed by atoms with Gasteiger partial charge in [0.1, 0.15) is 12.2 Å². The van der Waals surface area contributed by atoms with E-state index in [1.54, 1.807) is 6.92 Å². The molecule has 6 atom stereocenters. The van der Waals surface area contributed by atoms with E-state index in [0.29, 0.717) is 19.6 Å². The van der Waals surface area contributed by atoms with Crippen molar-refractivity contribution in [2.75, 3.05) is 0 Å². The molecule has 1 aliphatic heterocycles. The van der Waals surface area contributed by atoms with Crippen LogP contribution in [0, 0.1) is 5.92 Å². The fourth-order valence-corrected chi connectivity index (χ4v) is 4.23. The van der Waals surface area contributed by atoms with E-state index in [2.05, 4.69) is 5.32 Å². The number of hydrogen-bond acceptors (Lipinski definition) is 5. The number of aliphatic hydroxyl groups excluding tert-OH is 1. The average molecular weight is 397 g/mol. The van der Waals surface area contributed by atoms with Gasteiger partial charge in [0.15, 0.2) is 0 Å². The second kappa shape index (κ2) is 8.95. The molecule has 1 saturated heterocycles. The van der Waals surface area contributed by atoms with Crippen molar-refractivity contribution >= 4 is 6.09 Å². The predicted molar refractivity (Wildman–Crippen MR) is 107 cm³/mol. The maximum absolute atomic E-state index is 11.9. The Labute approximate surface area is 170 Å². The molecule has 4 rings (SSSR count). The summed E-state index contributed by atoms with van der Waals surface area (Å²) < 4.78 is 18.0. The molecule has 1 unspecified atom stereocenters. The van der Waals surface area contributed by atoms with Gasteiger partial charge in [-0.25, -0.2) is 4.79 Å². The molecule has 0 aromatic heterocycles. The minimum Gasteiger partial charge on any atom is -0.444 e. The molecule has 1 heterocycles. The number of rotatable bonds is 7. The lowest BCUT2D eigenvalue weighted by atomic mass is 9.77. The second-order valence-electron chi connectivity index (χ2n) is 7.78. The third-order valence-electron chi connectivity index (χ3n) is 5.74. The van der Waals surface area contributed by atoms with E-state index in [1.165, 1.54) is 0 Å². The SMILES string of the molecule is CC(O)[C@H]1C[C@@H]2OC(=O)N[C@@H]2[C@@H](OCc2ccccc2)[C@@H]1OCc1ccccc1. The van der Waals surface area contributed by atoms with Crippen LogP contribution in [0.5, 0.6) is 0 Å². The summed E-state index contributed by atoms with van der Waals surface area (Å²) in [5.41, 5.74) is 2.09. The van der Waals surface area contributed by atoms with Gasteiger partial charge in [-0.3, -0.25) is 0 Å². The van der Waals surface area contributed by atoms with Crippen LogP contribution in [0.2, 0.25) is 0 Å². The van der Waals surface area contributed by atoms with Crippen molar-refractivity contribution in [1.29, 1.82) is 0 Å². The summed E-state index contributed by atoms with van der Waals surface area (Å²) in [4.78, 5) is 11.9. The van der Waals surface area contributed by atoms with Crippen LogP contribution in [0.3, 0.4) is 0 Å². The van der Waals surface area contributed by atoms with Gasteiger partial charge in [-0.05, 0) is 24.5 Å². The molecule has 1 amide bonds. The minimum atomic E-state index is -0.612. The molecule has 6 heteroatoms. The zero-order chi connectivity index (χ0) is 20.2. The highest BCUT2D eigenvalue weighted by Gasteiger charge is 2.52. The fraction of sp³-hybridized carbons (Fsp3) is 0.435. The summed E-state index contributed by atoms with van der Waals surface area (Å²) >= 11 is 0. The number of hydrogen-bond donors (Lipinski definition) is 2. The minimum absolute atomic E-state index is 0.201. The molecular weight excluding hydrogens is 370 g/mol. The normalized spacial score (nSPS) is 29.6. The Kier molecular flexibility index (Phi) is 6.13. The molecule has 2 aromatic rings. The lowest BCUT2D eigenvalue weighted by Crippen LogP contribution is -2.59. The molecule has 1 saturated carbocycles. The molecule has 0 radical (unpaired) electrons. The zero-order valence-corrected chi connectivity index (χ0v) is 16.4. The second-order valence-corrected chi connectivity index (χ2v) is 7.78. The van der Waals surface area contributed by atoms with Gasteiger partial charge in [0.05, 0.1) is 31.5 Å². The van der Waals surface area contributed by atoms with Crippen LogP contribution in [0.25, 0.3) is 0 Å². The van der Waals surface area contributed by atoms with E-state index < -0.39 is 18.3 Å². The number of ether oxygens (including phenoxy) is 3. The Hall–Kier alpha value is -2.41. The third kappa shape index (κ3) is 4.61. The lowest BCUT2D eigenvalue weighted by molar-refractivity contribution is -0.168. The monoisotopic (exact) mass is 397 g/mol. The van der Waals surface area contributed by atoms with E-state index >= 15 is 0 Å². The van der Waals surface area contributed by atoms with Crippen LogP contribution in [-0.4, -0.2) is 41.7 Å². The summed E-state index contributed by atoms with van der Waals surface area (Å²) in [7, 11) is 0. The first kappa shape index (κ1) is 19.9. The Balaban J connectivity index is 1.55. The number of fused-ring (bicyclic) bond motifs is 1. The van der Waals surface area contributed by atoms with Gasteiger partial charge in [-0.15, -0.1) is 0 Å². The van der Waals surface area contributed by atoms with E-state index in [1.807, 2.05) is 60.7 Å². The van der Waals surface area contributed by atoms with Crippen molar-refractivity contribution in [3.05, 3.63) is 71.8 Å². The molecule has 2 N–H and O–H groups in total. The van der Waals surface area contributed by atoms with Gasteiger partial charge >= 0.3 is 6.09 Å². The van der Waals surface area contributed by atoms with Gasteiger partial charge in [-0.1, -0.05) is 60.7 Å². The molecule has 2 aromatic carbocycles. The first-order valence-electron chi connectivity index (χ1n) is 10.1. The van der Waals surface area contributed by atoms with Crippen molar-refractivity contribution in [3.8, 4) is 0 Å². The number of carbonyl (C=O) groups is 1. The number of alkyl carbamates (subject to hydrolysis) is 1. The fourth-order valence-electron chi connectivity index (χ4n) is 4.23. The van der Waals surface area contributed by atoms with Crippen LogP contribution >= 0.6 is 0 Å². The van der Waals surface area contributed by atoms with Crippen molar-refractivity contribution in [2.24, 2.45) is 5.92 Å². The standard InChI is InChI=1S/C23H27NO5/c1-15(25)18-12-19-20(24-23(26)29-19)22(28-14-17-10-6-3-7-11-17)21(18)27-13-16-8-4-2-5-9-16/h2-11,15,18-22,25H,12-14H2,1H3,(H,24,26)/t15?,18-,19+,20+,21-,22-/m1/s1. The first-order chi connectivity index (χ1) is 14.1. The van der Waals surface area contributed by atoms with E-state index in [9.17, 15) is 9.90 Å². The van der Waals surface area contributed by atoms with E-state index in [4.69, 9.17) is 14.2 Å². The molecule has 29 heavy (non-hydrogen) atoms. The summed E-state index contributed by atoms with van der Waals surface area (Å²) in [6.45, 7) is 2.55. The third-order valence-corrected chi connectivity index (χ3v) is 5.74. The van der Waals surface area contributed by atoms with Crippen LogP contribution < -0.4 is 5.32 Å². The van der Waals surface area contributed by atoms with Crippen molar-refractivity contribution in [2.45, 2.75) is 57.0 Å². The number of amides is 1. The Bertz CT molecular complexity index is 797. The molecule has 2 fully saturated rings. The van der Waals surface area contributed by atoms with Gasteiger partial charge < -0.3 is 24.6 Å². The van der Waals surface area contributed by atoms with Gasteiger partial charge in [0, 0.05) is 5.92 Å². The average Bonchev–Trinajstić information content (AvgIpc) is 3.11. The van der Waals surface area contributed by atoms with Gasteiger partial charge in [-0.2, -0.15) is 0 Å². The topological polar surface area (TPSA) is 77.0 Å². The number of aliphatic hydroxyl groups is 1. The van der Waals surface area contributed by atoms with Gasteiger partial charge in [0.2, 0.25) is 0 Å². The molecule has 2 aliphatic rings. The quantitative estimate of drug-likeness (QED) is 0.751. The first-order valence-corrected chi connectivity index (χ1v) is 10.1. The highest BCUT2D eigenvalue weighted by molar-refractivity contribution is 5.70. The molecular formula is C23H27NO5. The number of carbonyl (C=O) groups excluding carboxylic acids is 1. The maximum atomic E-state index is 11.9. The molecule has 6 nitrogen and oxygen atoms in total. The number of benzene rings is 2. The highest BCUT2D eigenvalue weighted by Crippen LogP contribution is 2.37. The summed E-state index contributed by atoms with van der Waals surface area (Å²) in [5, 5.41) is 13.3. The zero-order valence-electron chi connectivity index (χ0n) is 16.4. The maximum Gasteiger partial charge on any atom is 0.407 e. The number of nitrogens with one attached hydrogen (secondary N) is 1. The Morgan fingerprint density at radius 2 is 1.55 bits per heavy atom. The van der Waals surface area contributed by atoms with E-state index in [-0.39, 0.29) is 24.2 Å². The highest BCUT2D eigenvalue weighted by atomic mass is 16.6. The largest absolute Gasteiger partial charge is 0.444 e. The summed E-state index contributed by atoms with van der Waals surface area (Å²) in [6, 6.07) is 19.5. The summed E-state index contributed by atoms with van der Waals surface area (Å²) in [5.74, 6) is -0.201. The molecule has 0 bridgehead atoms. The molecule has 0 spiro atoms. The van der Waals surface area contributed by atoms with Crippen LogP contribution in [-0.2, 0) is 27.4 Å². The smallest absolute Gasteiger partial charge is 0.407 e.